The number of hydrogen-bond donors (Lipinski definition) is 0. The maximum Gasteiger partial charge on any atom is 0.417 e. The molecule has 0 N–H and O–H groups in total. The number of pyridine rings is 1. The third-order valence-corrected chi connectivity index (χ3v) is 2.46. The Morgan fingerprint density at radius 1 is 1.18 bits per heavy atom. The van der Waals surface area contributed by atoms with Gasteiger partial charge in [-0.25, -0.2) is 0 Å². The number of aromatic nitrogens is 1. The van der Waals surface area contributed by atoms with Crippen molar-refractivity contribution in [2.75, 3.05) is 0 Å². The molecular formula is C12H6ClF3N. The molecule has 1 nitrogen and oxygen atoms in total. The maximum absolute atomic E-state index is 12.3. The molecule has 0 bridgehead atoms. The van der Waals surface area contributed by atoms with E-state index in [1.54, 1.807) is 12.1 Å². The molecule has 1 radical (unpaired) electrons. The van der Waals surface area contributed by atoms with Crippen molar-refractivity contribution < 1.29 is 13.2 Å². The van der Waals surface area contributed by atoms with Gasteiger partial charge in [0.1, 0.15) is 0 Å². The summed E-state index contributed by atoms with van der Waals surface area (Å²) in [4.78, 5) is 4.01. The third kappa shape index (κ3) is 2.58. The molecular weight excluding hydrogens is 251 g/mol. The highest BCUT2D eigenvalue weighted by Crippen LogP contribution is 2.31. The second-order valence-corrected chi connectivity index (χ2v) is 3.73. The first-order chi connectivity index (χ1) is 7.98. The zero-order valence-corrected chi connectivity index (χ0v) is 9.18. The van der Waals surface area contributed by atoms with Crippen molar-refractivity contribution in [1.29, 1.82) is 0 Å². The lowest BCUT2D eigenvalue weighted by atomic mass is 10.1. The van der Waals surface area contributed by atoms with E-state index in [0.717, 1.165) is 6.07 Å². The molecule has 2 aromatic rings. The second kappa shape index (κ2) is 4.37. The SMILES string of the molecule is FC(F)(F)c1[c]cc(-c2ncccc2Cl)cc1. The monoisotopic (exact) mass is 256 g/mol. The van der Waals surface area contributed by atoms with Gasteiger partial charge < -0.3 is 0 Å². The molecule has 0 fully saturated rings. The van der Waals surface area contributed by atoms with Crippen molar-refractivity contribution >= 4 is 11.6 Å². The van der Waals surface area contributed by atoms with Crippen LogP contribution in [0.1, 0.15) is 5.56 Å². The van der Waals surface area contributed by atoms with E-state index < -0.39 is 11.7 Å². The smallest absolute Gasteiger partial charge is 0.255 e. The second-order valence-electron chi connectivity index (χ2n) is 3.32. The summed E-state index contributed by atoms with van der Waals surface area (Å²) >= 11 is 5.89. The van der Waals surface area contributed by atoms with Crippen LogP contribution in [-0.4, -0.2) is 4.98 Å². The number of hydrogen-bond acceptors (Lipinski definition) is 1. The van der Waals surface area contributed by atoms with E-state index in [1.807, 2.05) is 0 Å². The molecule has 17 heavy (non-hydrogen) atoms. The summed E-state index contributed by atoms with van der Waals surface area (Å²) in [5, 5.41) is 0.389. The summed E-state index contributed by atoms with van der Waals surface area (Å²) in [6.07, 6.45) is -2.86. The van der Waals surface area contributed by atoms with Gasteiger partial charge in [0.15, 0.2) is 0 Å². The average Bonchev–Trinajstić information content (AvgIpc) is 2.29. The van der Waals surface area contributed by atoms with Crippen molar-refractivity contribution in [2.24, 2.45) is 0 Å². The number of benzene rings is 1. The van der Waals surface area contributed by atoms with Crippen molar-refractivity contribution in [3.05, 3.63) is 53.2 Å². The van der Waals surface area contributed by atoms with Crippen LogP contribution in [0.25, 0.3) is 11.3 Å². The minimum Gasteiger partial charge on any atom is -0.255 e. The van der Waals surface area contributed by atoms with Crippen LogP contribution in [0.4, 0.5) is 13.2 Å². The molecule has 0 amide bonds. The summed E-state index contributed by atoms with van der Waals surface area (Å²) in [6, 6.07) is 8.98. The Balaban J connectivity index is 2.40. The highest BCUT2D eigenvalue weighted by Gasteiger charge is 2.30. The van der Waals surface area contributed by atoms with Gasteiger partial charge in [-0.15, -0.1) is 0 Å². The van der Waals surface area contributed by atoms with Crippen LogP contribution in [0.3, 0.4) is 0 Å². The lowest BCUT2D eigenvalue weighted by molar-refractivity contribution is -0.137. The Kier molecular flexibility index (Phi) is 3.07. The lowest BCUT2D eigenvalue weighted by Gasteiger charge is -2.07. The van der Waals surface area contributed by atoms with Gasteiger partial charge in [-0.2, -0.15) is 13.2 Å². The third-order valence-electron chi connectivity index (χ3n) is 2.15. The predicted octanol–water partition coefficient (Wildman–Crippen LogP) is 4.22. The van der Waals surface area contributed by atoms with Crippen molar-refractivity contribution in [2.45, 2.75) is 6.18 Å². The Bertz CT molecular complexity index is 520. The molecule has 0 saturated carbocycles. The summed E-state index contributed by atoms with van der Waals surface area (Å²) < 4.78 is 37.0. The first kappa shape index (κ1) is 11.9. The highest BCUT2D eigenvalue weighted by molar-refractivity contribution is 6.33. The van der Waals surface area contributed by atoms with E-state index in [1.165, 1.54) is 18.3 Å². The molecule has 0 aliphatic rings. The van der Waals surface area contributed by atoms with Crippen molar-refractivity contribution in [3.63, 3.8) is 0 Å². The van der Waals surface area contributed by atoms with E-state index in [-0.39, 0.29) is 0 Å². The van der Waals surface area contributed by atoms with E-state index in [2.05, 4.69) is 11.1 Å². The van der Waals surface area contributed by atoms with Crippen LogP contribution >= 0.6 is 11.6 Å². The minimum absolute atomic E-state index is 0.389. The Labute approximate surface area is 101 Å². The van der Waals surface area contributed by atoms with Gasteiger partial charge in [0, 0.05) is 11.8 Å². The molecule has 1 heterocycles. The average molecular weight is 257 g/mol. The van der Waals surface area contributed by atoms with Gasteiger partial charge in [-0.3, -0.25) is 4.98 Å². The quantitative estimate of drug-likeness (QED) is 0.744. The topological polar surface area (TPSA) is 12.9 Å². The molecule has 0 saturated heterocycles. The lowest BCUT2D eigenvalue weighted by Crippen LogP contribution is -2.04. The van der Waals surface area contributed by atoms with Gasteiger partial charge in [0.05, 0.1) is 16.3 Å². The fraction of sp³-hybridized carbons (Fsp3) is 0.0833. The molecule has 5 heteroatoms. The van der Waals surface area contributed by atoms with Crippen LogP contribution in [0, 0.1) is 6.07 Å². The molecule has 1 aromatic heterocycles. The molecule has 1 aromatic carbocycles. The number of halogens is 4. The molecule has 2 rings (SSSR count). The Hall–Kier alpha value is -1.55. The fourth-order valence-corrected chi connectivity index (χ4v) is 1.58. The minimum atomic E-state index is -4.38. The zero-order chi connectivity index (χ0) is 12.5. The predicted molar refractivity (Wildman–Crippen MR) is 58.5 cm³/mol. The number of nitrogens with zero attached hydrogens (tertiary/aromatic N) is 1. The Morgan fingerprint density at radius 3 is 2.47 bits per heavy atom. The number of rotatable bonds is 1. The van der Waals surface area contributed by atoms with Crippen molar-refractivity contribution in [1.82, 2.24) is 4.98 Å². The molecule has 87 valence electrons. The molecule has 0 spiro atoms. The van der Waals surface area contributed by atoms with Crippen LogP contribution in [0.15, 0.2) is 36.5 Å². The van der Waals surface area contributed by atoms with Gasteiger partial charge in [0.25, 0.3) is 0 Å². The fourth-order valence-electron chi connectivity index (χ4n) is 1.35. The van der Waals surface area contributed by atoms with Crippen LogP contribution in [0.2, 0.25) is 5.02 Å². The normalized spacial score (nSPS) is 11.5. The first-order valence-electron chi connectivity index (χ1n) is 4.68. The van der Waals surface area contributed by atoms with E-state index in [4.69, 9.17) is 11.6 Å². The summed E-state index contributed by atoms with van der Waals surface area (Å²) in [5.74, 6) is 0. The van der Waals surface area contributed by atoms with Gasteiger partial charge in [-0.05, 0) is 30.3 Å². The van der Waals surface area contributed by atoms with E-state index in [9.17, 15) is 13.2 Å². The highest BCUT2D eigenvalue weighted by atomic mass is 35.5. The summed E-state index contributed by atoms with van der Waals surface area (Å²) in [5.41, 5.74) is 0.135. The van der Waals surface area contributed by atoms with Gasteiger partial charge in [0.2, 0.25) is 0 Å². The molecule has 0 atom stereocenters. The van der Waals surface area contributed by atoms with E-state index in [0.29, 0.717) is 16.3 Å². The van der Waals surface area contributed by atoms with Crippen molar-refractivity contribution in [3.8, 4) is 11.3 Å². The molecule has 0 aliphatic carbocycles. The molecule has 0 unspecified atom stereocenters. The van der Waals surface area contributed by atoms with Gasteiger partial charge in [-0.1, -0.05) is 17.7 Å². The van der Waals surface area contributed by atoms with Gasteiger partial charge >= 0.3 is 6.18 Å². The van der Waals surface area contributed by atoms with Crippen LogP contribution in [-0.2, 0) is 6.18 Å². The summed E-state index contributed by atoms with van der Waals surface area (Å²) in [7, 11) is 0. The maximum atomic E-state index is 12.3. The zero-order valence-electron chi connectivity index (χ0n) is 8.42. The van der Waals surface area contributed by atoms with Crippen LogP contribution < -0.4 is 0 Å². The summed E-state index contributed by atoms with van der Waals surface area (Å²) in [6.45, 7) is 0. The molecule has 0 aliphatic heterocycles. The first-order valence-corrected chi connectivity index (χ1v) is 5.06. The Morgan fingerprint density at radius 2 is 1.94 bits per heavy atom. The van der Waals surface area contributed by atoms with E-state index >= 15 is 0 Å². The largest absolute Gasteiger partial charge is 0.417 e. The number of alkyl halides is 3. The standard InChI is InChI=1S/C12H6ClF3N/c13-10-2-1-7-17-11(10)8-3-5-9(6-4-8)12(14,15)16/h1-5,7H. The van der Waals surface area contributed by atoms with Crippen LogP contribution in [0.5, 0.6) is 0 Å².